The molecule has 2 heterocycles. The number of fused-ring (bicyclic) bond motifs is 1. The number of hydrogen-bond donors (Lipinski definition) is 2. The van der Waals surface area contributed by atoms with E-state index in [0.29, 0.717) is 5.56 Å². The minimum absolute atomic E-state index is 0.00957. The molecular weight excluding hydrogens is 342 g/mol. The smallest absolute Gasteiger partial charge is 0.255 e. The van der Waals surface area contributed by atoms with Crippen LogP contribution in [0.3, 0.4) is 0 Å². The maximum atomic E-state index is 12.5. The topological polar surface area (TPSA) is 62.8 Å². The fraction of sp³-hybridized carbons (Fsp3) is 0.381. The second kappa shape index (κ2) is 7.12. The standard InChI is InChI=1S/C21H25N3O3/c1-26-16-11-15(12-17(13-16)27-2)14-24-9-7-21(8-10-24)22-19-6-4-3-5-18(19)20(25)23-21/h3-6,11-13,22H,7-10,14H2,1-2H3,(H,23,25). The molecule has 2 N–H and O–H groups in total. The van der Waals surface area contributed by atoms with Crippen molar-refractivity contribution < 1.29 is 14.3 Å². The van der Waals surface area contributed by atoms with Gasteiger partial charge in [-0.05, 0) is 29.8 Å². The van der Waals surface area contributed by atoms with E-state index in [2.05, 4.69) is 15.5 Å². The SMILES string of the molecule is COc1cc(CN2CCC3(CC2)NC(=O)c2ccccc2N3)cc(OC)c1. The number of amides is 1. The molecule has 1 spiro atoms. The lowest BCUT2D eigenvalue weighted by atomic mass is 9.92. The van der Waals surface area contributed by atoms with Crippen molar-refractivity contribution >= 4 is 11.6 Å². The van der Waals surface area contributed by atoms with E-state index in [0.717, 1.165) is 55.2 Å². The first-order chi connectivity index (χ1) is 13.1. The Morgan fingerprint density at radius 2 is 1.67 bits per heavy atom. The van der Waals surface area contributed by atoms with Crippen LogP contribution in [0.25, 0.3) is 0 Å². The number of carbonyl (C=O) groups excluding carboxylic acids is 1. The second-order valence-electron chi connectivity index (χ2n) is 7.20. The summed E-state index contributed by atoms with van der Waals surface area (Å²) in [5.41, 5.74) is 2.45. The number of piperidine rings is 1. The summed E-state index contributed by atoms with van der Waals surface area (Å²) in [7, 11) is 3.33. The zero-order valence-corrected chi connectivity index (χ0v) is 15.7. The number of rotatable bonds is 4. The van der Waals surface area contributed by atoms with Gasteiger partial charge in [-0.3, -0.25) is 9.69 Å². The lowest BCUT2D eigenvalue weighted by Gasteiger charge is -2.46. The minimum atomic E-state index is -0.353. The molecule has 2 aliphatic rings. The van der Waals surface area contributed by atoms with Crippen molar-refractivity contribution in [3.05, 3.63) is 53.6 Å². The normalized spacial score (nSPS) is 18.4. The number of likely N-dealkylation sites (tertiary alicyclic amines) is 1. The Morgan fingerprint density at radius 1 is 1.00 bits per heavy atom. The average molecular weight is 367 g/mol. The summed E-state index contributed by atoms with van der Waals surface area (Å²) in [6.45, 7) is 2.62. The first-order valence-electron chi connectivity index (χ1n) is 9.25. The maximum Gasteiger partial charge on any atom is 0.255 e. The molecule has 6 heteroatoms. The molecule has 1 fully saturated rings. The van der Waals surface area contributed by atoms with E-state index in [9.17, 15) is 4.79 Å². The Kier molecular flexibility index (Phi) is 4.66. The predicted octanol–water partition coefficient (Wildman–Crippen LogP) is 2.85. The van der Waals surface area contributed by atoms with Crippen molar-refractivity contribution in [1.29, 1.82) is 0 Å². The van der Waals surface area contributed by atoms with Crippen LogP contribution in [0.1, 0.15) is 28.8 Å². The third-order valence-corrected chi connectivity index (χ3v) is 5.43. The van der Waals surface area contributed by atoms with Crippen molar-refractivity contribution in [2.45, 2.75) is 25.0 Å². The third-order valence-electron chi connectivity index (χ3n) is 5.43. The summed E-state index contributed by atoms with van der Waals surface area (Å²) in [6, 6.07) is 13.7. The number of benzene rings is 2. The average Bonchev–Trinajstić information content (AvgIpc) is 2.69. The Bertz CT molecular complexity index is 822. The summed E-state index contributed by atoms with van der Waals surface area (Å²) in [4.78, 5) is 14.9. The van der Waals surface area contributed by atoms with E-state index in [1.54, 1.807) is 14.2 Å². The molecule has 1 saturated heterocycles. The molecule has 27 heavy (non-hydrogen) atoms. The zero-order valence-electron chi connectivity index (χ0n) is 15.7. The fourth-order valence-corrected chi connectivity index (χ4v) is 3.92. The molecule has 2 aromatic rings. The second-order valence-corrected chi connectivity index (χ2v) is 7.20. The van der Waals surface area contributed by atoms with E-state index < -0.39 is 0 Å². The van der Waals surface area contributed by atoms with E-state index in [4.69, 9.17) is 9.47 Å². The van der Waals surface area contributed by atoms with Crippen LogP contribution in [-0.4, -0.2) is 43.8 Å². The molecule has 0 aliphatic carbocycles. The number of hydrogen-bond acceptors (Lipinski definition) is 5. The van der Waals surface area contributed by atoms with Crippen molar-refractivity contribution in [1.82, 2.24) is 10.2 Å². The van der Waals surface area contributed by atoms with Gasteiger partial charge < -0.3 is 20.1 Å². The molecule has 1 amide bonds. The van der Waals surface area contributed by atoms with Gasteiger partial charge in [0, 0.05) is 44.2 Å². The lowest BCUT2D eigenvalue weighted by Crippen LogP contribution is -2.62. The van der Waals surface area contributed by atoms with Gasteiger partial charge in [0.15, 0.2) is 0 Å². The van der Waals surface area contributed by atoms with Crippen LogP contribution in [0.4, 0.5) is 5.69 Å². The van der Waals surface area contributed by atoms with E-state index in [1.807, 2.05) is 42.5 Å². The van der Waals surface area contributed by atoms with Gasteiger partial charge in [-0.2, -0.15) is 0 Å². The minimum Gasteiger partial charge on any atom is -0.497 e. The lowest BCUT2D eigenvalue weighted by molar-refractivity contribution is 0.0822. The summed E-state index contributed by atoms with van der Waals surface area (Å²) in [5.74, 6) is 1.61. The molecule has 2 aromatic carbocycles. The van der Waals surface area contributed by atoms with Gasteiger partial charge in [0.2, 0.25) is 0 Å². The fourth-order valence-electron chi connectivity index (χ4n) is 3.92. The van der Waals surface area contributed by atoms with Crippen LogP contribution in [0, 0.1) is 0 Å². The van der Waals surface area contributed by atoms with E-state index in [1.165, 1.54) is 0 Å². The Morgan fingerprint density at radius 3 is 2.33 bits per heavy atom. The molecule has 0 bridgehead atoms. The number of methoxy groups -OCH3 is 2. The third kappa shape index (κ3) is 3.57. The molecule has 4 rings (SSSR count). The molecule has 0 saturated carbocycles. The predicted molar refractivity (Wildman–Crippen MR) is 104 cm³/mol. The summed E-state index contributed by atoms with van der Waals surface area (Å²) >= 11 is 0. The highest BCUT2D eigenvalue weighted by molar-refractivity contribution is 6.02. The van der Waals surface area contributed by atoms with Gasteiger partial charge in [0.25, 0.3) is 5.91 Å². The van der Waals surface area contributed by atoms with Gasteiger partial charge in [0.05, 0.1) is 19.8 Å². The highest BCUT2D eigenvalue weighted by Crippen LogP contribution is 2.32. The number of nitrogens with one attached hydrogen (secondary N) is 2. The van der Waals surface area contributed by atoms with Crippen LogP contribution >= 0.6 is 0 Å². The van der Waals surface area contributed by atoms with Gasteiger partial charge >= 0.3 is 0 Å². The number of anilines is 1. The van der Waals surface area contributed by atoms with Crippen LogP contribution in [0.15, 0.2) is 42.5 Å². The zero-order chi connectivity index (χ0) is 18.9. The van der Waals surface area contributed by atoms with Gasteiger partial charge in [-0.1, -0.05) is 12.1 Å². The molecule has 0 unspecified atom stereocenters. The van der Waals surface area contributed by atoms with Gasteiger partial charge in [-0.25, -0.2) is 0 Å². The molecule has 0 atom stereocenters. The molecule has 2 aliphatic heterocycles. The molecule has 0 radical (unpaired) electrons. The quantitative estimate of drug-likeness (QED) is 0.870. The molecule has 6 nitrogen and oxygen atoms in total. The van der Waals surface area contributed by atoms with E-state index in [-0.39, 0.29) is 11.6 Å². The molecule has 0 aromatic heterocycles. The van der Waals surface area contributed by atoms with Crippen molar-refractivity contribution in [3.63, 3.8) is 0 Å². The monoisotopic (exact) mass is 367 g/mol. The Hall–Kier alpha value is -2.73. The summed E-state index contributed by atoms with van der Waals surface area (Å²) in [6.07, 6.45) is 1.71. The largest absolute Gasteiger partial charge is 0.497 e. The van der Waals surface area contributed by atoms with Crippen LogP contribution in [0.2, 0.25) is 0 Å². The van der Waals surface area contributed by atoms with Crippen LogP contribution in [0.5, 0.6) is 11.5 Å². The number of para-hydroxylation sites is 1. The maximum absolute atomic E-state index is 12.5. The number of nitrogens with zero attached hydrogens (tertiary/aromatic N) is 1. The van der Waals surface area contributed by atoms with Crippen LogP contribution < -0.4 is 20.1 Å². The van der Waals surface area contributed by atoms with Crippen LogP contribution in [-0.2, 0) is 6.54 Å². The van der Waals surface area contributed by atoms with Crippen molar-refractivity contribution in [2.24, 2.45) is 0 Å². The highest BCUT2D eigenvalue weighted by Gasteiger charge is 2.39. The highest BCUT2D eigenvalue weighted by atomic mass is 16.5. The summed E-state index contributed by atoms with van der Waals surface area (Å²) < 4.78 is 10.7. The van der Waals surface area contributed by atoms with Gasteiger partial charge in [-0.15, -0.1) is 0 Å². The Balaban J connectivity index is 1.43. The van der Waals surface area contributed by atoms with Gasteiger partial charge in [0.1, 0.15) is 17.2 Å². The first kappa shape index (κ1) is 17.7. The van der Waals surface area contributed by atoms with Crippen molar-refractivity contribution in [3.8, 4) is 11.5 Å². The Labute approximate surface area is 159 Å². The summed E-state index contributed by atoms with van der Waals surface area (Å²) in [5, 5.41) is 6.76. The first-order valence-corrected chi connectivity index (χ1v) is 9.25. The number of ether oxygens (including phenoxy) is 2. The van der Waals surface area contributed by atoms with E-state index >= 15 is 0 Å². The van der Waals surface area contributed by atoms with Crippen molar-refractivity contribution in [2.75, 3.05) is 32.6 Å². The molecular formula is C21H25N3O3. The molecule has 142 valence electrons. The number of carbonyl (C=O) groups is 1.